The molecule has 0 saturated carbocycles. The number of benzene rings is 2. The van der Waals surface area contributed by atoms with Crippen LogP contribution in [0.1, 0.15) is 17.2 Å². The van der Waals surface area contributed by atoms with Gasteiger partial charge in [-0.3, -0.25) is 14.9 Å². The number of nitrogens with one attached hydrogen (secondary N) is 1. The van der Waals surface area contributed by atoms with Gasteiger partial charge in [0.1, 0.15) is 0 Å². The number of amides is 1. The zero-order valence-corrected chi connectivity index (χ0v) is 11.8. The molecule has 0 aliphatic rings. The van der Waals surface area contributed by atoms with E-state index in [-0.39, 0.29) is 0 Å². The highest BCUT2D eigenvalue weighted by molar-refractivity contribution is 5.85. The minimum Gasteiger partial charge on any atom is -0.502 e. The third-order valence-corrected chi connectivity index (χ3v) is 2.95. The van der Waals surface area contributed by atoms with Crippen LogP contribution in [0.4, 0.5) is 5.69 Å². The van der Waals surface area contributed by atoms with Crippen LogP contribution >= 0.6 is 0 Å². The van der Waals surface area contributed by atoms with Crippen LogP contribution in [0.2, 0.25) is 0 Å². The molecule has 1 atom stereocenters. The van der Waals surface area contributed by atoms with Gasteiger partial charge in [-0.05, 0) is 23.3 Å². The molecule has 0 radical (unpaired) electrons. The molecule has 1 unspecified atom stereocenters. The van der Waals surface area contributed by atoms with Gasteiger partial charge in [-0.1, -0.05) is 30.3 Å². The molecule has 0 saturated heterocycles. The first-order valence-corrected chi connectivity index (χ1v) is 6.52. The maximum absolute atomic E-state index is 11.7. The number of phenolic OH excluding ortho intramolecular Hbond substituents is 1. The van der Waals surface area contributed by atoms with Crippen LogP contribution in [0.25, 0.3) is 0 Å². The molecule has 0 aromatic heterocycles. The van der Waals surface area contributed by atoms with Crippen molar-refractivity contribution in [1.82, 2.24) is 5.43 Å². The molecule has 23 heavy (non-hydrogen) atoms. The van der Waals surface area contributed by atoms with Crippen LogP contribution < -0.4 is 5.43 Å². The molecule has 0 fully saturated rings. The third-order valence-electron chi connectivity index (χ3n) is 2.95. The molecule has 0 spiro atoms. The lowest BCUT2D eigenvalue weighted by Crippen LogP contribution is -2.25. The second-order valence-electron chi connectivity index (χ2n) is 4.55. The van der Waals surface area contributed by atoms with Gasteiger partial charge in [-0.15, -0.1) is 0 Å². The molecule has 1 amide bonds. The Morgan fingerprint density at radius 1 is 1.26 bits per heavy atom. The molecule has 2 aromatic rings. The normalized spacial score (nSPS) is 12.0. The average molecular weight is 315 g/mol. The number of rotatable bonds is 5. The lowest BCUT2D eigenvalue weighted by Gasteiger charge is -2.08. The number of nitro benzene ring substituents is 1. The first-order chi connectivity index (χ1) is 11.0. The number of carbonyl (C=O) groups excluding carboxylic acids is 1. The topological polar surface area (TPSA) is 125 Å². The van der Waals surface area contributed by atoms with E-state index in [9.17, 15) is 25.1 Å². The summed E-state index contributed by atoms with van der Waals surface area (Å²) < 4.78 is 0. The zero-order chi connectivity index (χ0) is 16.8. The highest BCUT2D eigenvalue weighted by Crippen LogP contribution is 2.25. The van der Waals surface area contributed by atoms with E-state index >= 15 is 0 Å². The Bertz CT molecular complexity index is 746. The number of phenols is 1. The second kappa shape index (κ2) is 7.14. The Labute approximate surface area is 130 Å². The quantitative estimate of drug-likeness (QED) is 0.438. The Morgan fingerprint density at radius 2 is 1.96 bits per heavy atom. The summed E-state index contributed by atoms with van der Waals surface area (Å²) in [6, 6.07) is 12.0. The molecule has 0 bridgehead atoms. The van der Waals surface area contributed by atoms with Gasteiger partial charge < -0.3 is 10.2 Å². The fraction of sp³-hybridized carbons (Fsp3) is 0.0667. The third kappa shape index (κ3) is 4.11. The monoisotopic (exact) mass is 315 g/mol. The van der Waals surface area contributed by atoms with Crippen molar-refractivity contribution in [3.05, 3.63) is 69.8 Å². The minimum atomic E-state index is -1.36. The number of nitro groups is 1. The number of aliphatic hydroxyl groups excluding tert-OH is 1. The summed E-state index contributed by atoms with van der Waals surface area (Å²) in [5.41, 5.74) is 2.50. The molecule has 8 nitrogen and oxygen atoms in total. The summed E-state index contributed by atoms with van der Waals surface area (Å²) in [6.07, 6.45) is -0.169. The van der Waals surface area contributed by atoms with Crippen molar-refractivity contribution in [2.75, 3.05) is 0 Å². The maximum Gasteiger partial charge on any atom is 0.310 e. The number of hydrogen-bond donors (Lipinski definition) is 3. The van der Waals surface area contributed by atoms with E-state index in [4.69, 9.17) is 0 Å². The Kier molecular flexibility index (Phi) is 5.00. The Balaban J connectivity index is 2.00. The smallest absolute Gasteiger partial charge is 0.310 e. The molecule has 118 valence electrons. The summed E-state index contributed by atoms with van der Waals surface area (Å²) in [7, 11) is 0. The van der Waals surface area contributed by atoms with Crippen molar-refractivity contribution >= 4 is 17.8 Å². The van der Waals surface area contributed by atoms with Crippen LogP contribution in [-0.4, -0.2) is 27.3 Å². The van der Waals surface area contributed by atoms with Gasteiger partial charge in [0, 0.05) is 6.07 Å². The van der Waals surface area contributed by atoms with Gasteiger partial charge in [-0.2, -0.15) is 5.10 Å². The van der Waals surface area contributed by atoms with Crippen molar-refractivity contribution in [3.63, 3.8) is 0 Å². The fourth-order valence-corrected chi connectivity index (χ4v) is 1.79. The van der Waals surface area contributed by atoms with Gasteiger partial charge in [0.2, 0.25) is 0 Å². The standard InChI is InChI=1S/C15H13N3O5/c19-13-8-10(6-7-12(13)18(22)23)9-16-17-15(21)14(20)11-4-2-1-3-5-11/h1-9,14,19-20H,(H,17,21)/b16-9+. The summed E-state index contributed by atoms with van der Waals surface area (Å²) >= 11 is 0. The van der Waals surface area contributed by atoms with E-state index < -0.39 is 28.4 Å². The SMILES string of the molecule is O=C(N/N=C/c1ccc([N+](=O)[O-])c(O)c1)C(O)c1ccccc1. The lowest BCUT2D eigenvalue weighted by atomic mass is 10.1. The predicted molar refractivity (Wildman–Crippen MR) is 81.9 cm³/mol. The molecule has 3 N–H and O–H groups in total. The van der Waals surface area contributed by atoms with Gasteiger partial charge in [0.15, 0.2) is 11.9 Å². The van der Waals surface area contributed by atoms with E-state index in [1.807, 2.05) is 0 Å². The highest BCUT2D eigenvalue weighted by atomic mass is 16.6. The first-order valence-electron chi connectivity index (χ1n) is 6.52. The van der Waals surface area contributed by atoms with Crippen molar-refractivity contribution in [1.29, 1.82) is 0 Å². The van der Waals surface area contributed by atoms with Crippen LogP contribution in [0.15, 0.2) is 53.6 Å². The minimum absolute atomic E-state index is 0.350. The zero-order valence-electron chi connectivity index (χ0n) is 11.8. The molecule has 2 rings (SSSR count). The van der Waals surface area contributed by atoms with Gasteiger partial charge in [-0.25, -0.2) is 5.43 Å². The van der Waals surface area contributed by atoms with Gasteiger partial charge >= 0.3 is 5.69 Å². The summed E-state index contributed by atoms with van der Waals surface area (Å²) in [5.74, 6) is -1.23. The largest absolute Gasteiger partial charge is 0.502 e. The highest BCUT2D eigenvalue weighted by Gasteiger charge is 2.16. The van der Waals surface area contributed by atoms with Crippen LogP contribution in [-0.2, 0) is 4.79 Å². The molecular formula is C15H13N3O5. The van der Waals surface area contributed by atoms with E-state index in [1.54, 1.807) is 30.3 Å². The number of nitrogens with zero attached hydrogens (tertiary/aromatic N) is 2. The van der Waals surface area contributed by atoms with Crippen molar-refractivity contribution in [2.24, 2.45) is 5.10 Å². The molecule has 2 aromatic carbocycles. The van der Waals surface area contributed by atoms with E-state index in [1.165, 1.54) is 12.3 Å². The number of carbonyl (C=O) groups is 1. The molecule has 0 heterocycles. The summed E-state index contributed by atoms with van der Waals surface area (Å²) in [4.78, 5) is 21.6. The maximum atomic E-state index is 11.7. The summed E-state index contributed by atoms with van der Waals surface area (Å²) in [5, 5.41) is 33.5. The molecule has 8 heteroatoms. The average Bonchev–Trinajstić information content (AvgIpc) is 2.54. The molecule has 0 aliphatic heterocycles. The van der Waals surface area contributed by atoms with Gasteiger partial charge in [0.05, 0.1) is 11.1 Å². The predicted octanol–water partition coefficient (Wildman–Crippen LogP) is 1.48. The van der Waals surface area contributed by atoms with Gasteiger partial charge in [0.25, 0.3) is 5.91 Å². The Morgan fingerprint density at radius 3 is 2.57 bits per heavy atom. The van der Waals surface area contributed by atoms with Crippen molar-refractivity contribution in [2.45, 2.75) is 6.10 Å². The van der Waals surface area contributed by atoms with Crippen LogP contribution in [0, 0.1) is 10.1 Å². The van der Waals surface area contributed by atoms with E-state index in [0.717, 1.165) is 12.1 Å². The van der Waals surface area contributed by atoms with Crippen molar-refractivity contribution in [3.8, 4) is 5.75 Å². The number of hydrogen-bond acceptors (Lipinski definition) is 6. The second-order valence-corrected chi connectivity index (χ2v) is 4.55. The lowest BCUT2D eigenvalue weighted by molar-refractivity contribution is -0.385. The van der Waals surface area contributed by atoms with E-state index in [0.29, 0.717) is 11.1 Å². The molecular weight excluding hydrogens is 302 g/mol. The van der Waals surface area contributed by atoms with Crippen molar-refractivity contribution < 1.29 is 19.9 Å². The number of hydrazone groups is 1. The fourth-order valence-electron chi connectivity index (χ4n) is 1.79. The first kappa shape index (κ1) is 16.1. The Hall–Kier alpha value is -3.26. The summed E-state index contributed by atoms with van der Waals surface area (Å²) in [6.45, 7) is 0. The number of aromatic hydroxyl groups is 1. The number of aliphatic hydroxyl groups is 1. The van der Waals surface area contributed by atoms with Crippen LogP contribution in [0.3, 0.4) is 0 Å². The van der Waals surface area contributed by atoms with E-state index in [2.05, 4.69) is 10.5 Å². The van der Waals surface area contributed by atoms with Crippen LogP contribution in [0.5, 0.6) is 5.75 Å². The molecule has 0 aliphatic carbocycles.